The molecule has 0 aliphatic heterocycles. The van der Waals surface area contributed by atoms with Gasteiger partial charge in [0.2, 0.25) is 0 Å². The molecule has 5 nitrogen and oxygen atoms in total. The molecule has 1 fully saturated rings. The van der Waals surface area contributed by atoms with Crippen LogP contribution in [0.2, 0.25) is 5.54 Å². The molecule has 6 heteroatoms. The Morgan fingerprint density at radius 2 is 2.06 bits per heavy atom. The van der Waals surface area contributed by atoms with Crippen molar-refractivity contribution in [2.75, 3.05) is 0 Å². The molecule has 0 heterocycles. The Morgan fingerprint density at radius 1 is 1.50 bits per heavy atom. The second-order valence-electron chi connectivity index (χ2n) is 6.36. The van der Waals surface area contributed by atoms with Crippen LogP contribution in [0, 0.1) is 5.41 Å². The molecule has 0 aromatic carbocycles. The third kappa shape index (κ3) is 3.25. The third-order valence-electron chi connectivity index (χ3n) is 3.81. The van der Waals surface area contributed by atoms with Crippen LogP contribution in [0.5, 0.6) is 0 Å². The molecule has 2 unspecified atom stereocenters. The van der Waals surface area contributed by atoms with Crippen molar-refractivity contribution >= 4 is 22.3 Å². The van der Waals surface area contributed by atoms with Crippen molar-refractivity contribution in [3.8, 4) is 0 Å². The van der Waals surface area contributed by atoms with Crippen LogP contribution in [-0.2, 0) is 9.53 Å². The van der Waals surface area contributed by atoms with Crippen molar-refractivity contribution in [3.63, 3.8) is 0 Å². The average molecular weight is 273 g/mol. The zero-order valence-electron chi connectivity index (χ0n) is 11.7. The number of ether oxygens (including phenoxy) is 1. The van der Waals surface area contributed by atoms with Gasteiger partial charge < -0.3 is 15.2 Å². The first-order valence-corrected chi connectivity index (χ1v) is 7.44. The number of alkyl carbamates (subject to hydrolysis) is 1. The van der Waals surface area contributed by atoms with Crippen LogP contribution < -0.4 is 5.32 Å². The van der Waals surface area contributed by atoms with Crippen molar-refractivity contribution in [2.45, 2.75) is 57.7 Å². The second kappa shape index (κ2) is 4.91. The van der Waals surface area contributed by atoms with Gasteiger partial charge in [-0.1, -0.05) is 13.3 Å². The lowest BCUT2D eigenvalue weighted by Crippen LogP contribution is -2.57. The number of amides is 1. The Morgan fingerprint density at radius 3 is 2.33 bits per heavy atom. The van der Waals surface area contributed by atoms with Gasteiger partial charge in [-0.3, -0.25) is 0 Å². The van der Waals surface area contributed by atoms with Gasteiger partial charge in [-0.2, -0.15) is 0 Å². The number of nitrogens with one attached hydrogen (secondary N) is 1. The molecule has 0 saturated heterocycles. The lowest BCUT2D eigenvalue weighted by molar-refractivity contribution is -0.144. The average Bonchev–Trinajstić information content (AvgIpc) is 2.20. The highest BCUT2D eigenvalue weighted by Gasteiger charge is 2.50. The maximum absolute atomic E-state index is 11.7. The fraction of sp³-hybridized carbons (Fsp3) is 0.833. The molecule has 1 saturated carbocycles. The van der Waals surface area contributed by atoms with E-state index in [2.05, 4.69) is 5.32 Å². The van der Waals surface area contributed by atoms with E-state index in [0.717, 1.165) is 23.1 Å². The summed E-state index contributed by atoms with van der Waals surface area (Å²) in [6, 6.07) is -0.858. The van der Waals surface area contributed by atoms with E-state index in [-0.39, 0.29) is 5.41 Å². The van der Waals surface area contributed by atoms with Crippen molar-refractivity contribution in [2.24, 2.45) is 5.41 Å². The van der Waals surface area contributed by atoms with Crippen molar-refractivity contribution in [1.29, 1.82) is 0 Å². The van der Waals surface area contributed by atoms with Crippen LogP contribution in [-0.4, -0.2) is 39.1 Å². The topological polar surface area (TPSA) is 75.6 Å². The zero-order valence-corrected chi connectivity index (χ0v) is 13.7. The predicted octanol–water partition coefficient (Wildman–Crippen LogP) is 0.918. The van der Waals surface area contributed by atoms with Crippen molar-refractivity contribution < 1.29 is 19.4 Å². The van der Waals surface area contributed by atoms with E-state index in [0.29, 0.717) is 5.54 Å². The van der Waals surface area contributed by atoms with Crippen LogP contribution in [0.4, 0.5) is 4.79 Å². The highest BCUT2D eigenvalue weighted by atomic mass is 28.1. The van der Waals surface area contributed by atoms with Crippen molar-refractivity contribution in [1.82, 2.24) is 5.32 Å². The second-order valence-corrected chi connectivity index (χ2v) is 7.76. The molecule has 1 rings (SSSR count). The lowest BCUT2D eigenvalue weighted by atomic mass is 9.64. The standard InChI is InChI=1S/C12H23NO4Si/c1-11(2,3)17-10(16)13-8(9(14)15)12(4)6-5-7(12)18/h7-8H,5-6H2,1-4,18H3,(H,13,16)(H,14,15)/t7?,8-,12?/m1/s1. The molecule has 0 radical (unpaired) electrons. The molecule has 1 amide bonds. The molecule has 0 aromatic heterocycles. The summed E-state index contributed by atoms with van der Waals surface area (Å²) >= 11 is 0. The fourth-order valence-electron chi connectivity index (χ4n) is 2.25. The molecule has 3 atom stereocenters. The molecule has 18 heavy (non-hydrogen) atoms. The molecular weight excluding hydrogens is 250 g/mol. The summed E-state index contributed by atoms with van der Waals surface area (Å²) in [5, 5.41) is 11.8. The van der Waals surface area contributed by atoms with E-state index in [1.165, 1.54) is 0 Å². The Balaban J connectivity index is 2.71. The van der Waals surface area contributed by atoms with Gasteiger partial charge in [-0.05, 0) is 38.1 Å². The number of carbonyl (C=O) groups is 2. The quantitative estimate of drug-likeness (QED) is 0.750. The normalized spacial score (nSPS) is 29.2. The van der Waals surface area contributed by atoms with Gasteiger partial charge >= 0.3 is 12.1 Å². The molecule has 0 spiro atoms. The molecule has 1 aliphatic rings. The van der Waals surface area contributed by atoms with E-state index in [1.807, 2.05) is 6.92 Å². The lowest BCUT2D eigenvalue weighted by Gasteiger charge is -2.49. The summed E-state index contributed by atoms with van der Waals surface area (Å²) in [5.74, 6) is -0.982. The highest BCUT2D eigenvalue weighted by molar-refractivity contribution is 6.13. The number of carbonyl (C=O) groups excluding carboxylic acids is 1. The van der Waals surface area contributed by atoms with Crippen LogP contribution >= 0.6 is 0 Å². The minimum atomic E-state index is -0.982. The number of hydrogen-bond donors (Lipinski definition) is 2. The van der Waals surface area contributed by atoms with Gasteiger partial charge in [0.1, 0.15) is 11.6 Å². The molecule has 0 bridgehead atoms. The summed E-state index contributed by atoms with van der Waals surface area (Å²) < 4.78 is 5.12. The van der Waals surface area contributed by atoms with E-state index in [9.17, 15) is 14.7 Å². The first-order valence-electron chi connectivity index (χ1n) is 6.28. The van der Waals surface area contributed by atoms with Gasteiger partial charge in [0, 0.05) is 10.2 Å². The molecule has 1 aliphatic carbocycles. The number of aliphatic carboxylic acids is 1. The minimum absolute atomic E-state index is 0.324. The Hall–Kier alpha value is -1.04. The first kappa shape index (κ1) is 15.0. The van der Waals surface area contributed by atoms with Crippen molar-refractivity contribution in [3.05, 3.63) is 0 Å². The van der Waals surface area contributed by atoms with Crippen LogP contribution in [0.3, 0.4) is 0 Å². The number of hydrogen-bond acceptors (Lipinski definition) is 3. The summed E-state index contributed by atoms with van der Waals surface area (Å²) in [6.07, 6.45) is 1.24. The molecule has 2 N–H and O–H groups in total. The number of carboxylic acids is 1. The first-order chi connectivity index (χ1) is 8.06. The van der Waals surface area contributed by atoms with Crippen LogP contribution in [0.25, 0.3) is 0 Å². The van der Waals surface area contributed by atoms with Gasteiger partial charge in [0.15, 0.2) is 0 Å². The number of rotatable bonds is 3. The van der Waals surface area contributed by atoms with Crippen LogP contribution in [0.15, 0.2) is 0 Å². The summed E-state index contributed by atoms with van der Waals surface area (Å²) in [6.45, 7) is 7.19. The summed E-state index contributed by atoms with van der Waals surface area (Å²) in [4.78, 5) is 23.0. The van der Waals surface area contributed by atoms with Gasteiger partial charge in [0.25, 0.3) is 0 Å². The van der Waals surface area contributed by atoms with Gasteiger partial charge in [-0.25, -0.2) is 9.59 Å². The zero-order chi connectivity index (χ0) is 14.1. The number of carboxylic acid groups (broad SMARTS) is 1. The monoisotopic (exact) mass is 273 g/mol. The molecule has 0 aromatic rings. The Bertz CT molecular complexity index is 352. The highest BCUT2D eigenvalue weighted by Crippen LogP contribution is 2.51. The van der Waals surface area contributed by atoms with E-state index in [1.54, 1.807) is 20.8 Å². The van der Waals surface area contributed by atoms with Gasteiger partial charge in [-0.15, -0.1) is 0 Å². The largest absolute Gasteiger partial charge is 0.480 e. The SMILES string of the molecule is CC(C)(C)OC(=O)N[C@H](C(=O)O)C1(C)CCC1[SiH3]. The maximum Gasteiger partial charge on any atom is 0.408 e. The van der Waals surface area contributed by atoms with E-state index in [4.69, 9.17) is 4.74 Å². The minimum Gasteiger partial charge on any atom is -0.480 e. The van der Waals surface area contributed by atoms with E-state index < -0.39 is 23.7 Å². The third-order valence-corrected chi connectivity index (χ3v) is 5.71. The fourth-order valence-corrected chi connectivity index (χ4v) is 3.16. The maximum atomic E-state index is 11.7. The van der Waals surface area contributed by atoms with Gasteiger partial charge in [0.05, 0.1) is 0 Å². The summed E-state index contributed by atoms with van der Waals surface area (Å²) in [5.41, 5.74) is -0.517. The molecular formula is C12H23NO4Si. The Kier molecular flexibility index (Phi) is 4.10. The smallest absolute Gasteiger partial charge is 0.408 e. The summed E-state index contributed by atoms with van der Waals surface area (Å²) in [7, 11) is 0.945. The van der Waals surface area contributed by atoms with E-state index >= 15 is 0 Å². The predicted molar refractivity (Wildman–Crippen MR) is 71.8 cm³/mol. The molecule has 104 valence electrons. The van der Waals surface area contributed by atoms with Crippen LogP contribution in [0.1, 0.15) is 40.5 Å². The Labute approximate surface area is 111 Å².